The summed E-state index contributed by atoms with van der Waals surface area (Å²) in [6.07, 6.45) is -7.47. The zero-order valence-corrected chi connectivity index (χ0v) is 20.1. The third-order valence-electron chi connectivity index (χ3n) is 6.30. The number of carbonyl (C=O) groups is 3. The molecule has 0 heterocycles. The van der Waals surface area contributed by atoms with Crippen LogP contribution in [0.3, 0.4) is 0 Å². The van der Waals surface area contributed by atoms with Crippen LogP contribution in [-0.4, -0.2) is 53.3 Å². The van der Waals surface area contributed by atoms with Gasteiger partial charge in [-0.1, -0.05) is 78.9 Å². The van der Waals surface area contributed by atoms with Gasteiger partial charge in [-0.2, -0.15) is 13.2 Å². The summed E-state index contributed by atoms with van der Waals surface area (Å²) in [5.41, 5.74) is 4.28. The Labute approximate surface area is 216 Å². The van der Waals surface area contributed by atoms with Crippen molar-refractivity contribution >= 4 is 18.0 Å². The van der Waals surface area contributed by atoms with E-state index in [-0.39, 0.29) is 19.1 Å². The van der Waals surface area contributed by atoms with Crippen LogP contribution in [0.15, 0.2) is 78.9 Å². The molecule has 0 saturated heterocycles. The zero-order chi connectivity index (χ0) is 27.3. The number of carboxylic acids is 1. The van der Waals surface area contributed by atoms with E-state index in [1.165, 1.54) is 0 Å². The molecule has 1 atom stereocenters. The number of fused-ring (bicyclic) bond motifs is 3. The smallest absolute Gasteiger partial charge is 0.409 e. The number of aliphatic carboxylic acids is 1. The molecule has 0 spiro atoms. The van der Waals surface area contributed by atoms with Gasteiger partial charge in [0.05, 0.1) is 6.42 Å². The van der Waals surface area contributed by atoms with E-state index in [0.29, 0.717) is 5.56 Å². The van der Waals surface area contributed by atoms with Crippen LogP contribution in [0.4, 0.5) is 18.0 Å². The van der Waals surface area contributed by atoms with Crippen LogP contribution in [0.25, 0.3) is 11.1 Å². The second kappa shape index (κ2) is 11.4. The lowest BCUT2D eigenvalue weighted by atomic mass is 9.98. The summed E-state index contributed by atoms with van der Waals surface area (Å²) >= 11 is 0. The average Bonchev–Trinajstić information content (AvgIpc) is 3.20. The van der Waals surface area contributed by atoms with E-state index in [0.717, 1.165) is 27.2 Å². The number of carboxylic acid groups (broad SMARTS) is 1. The molecule has 0 saturated carbocycles. The predicted molar refractivity (Wildman–Crippen MR) is 132 cm³/mol. The van der Waals surface area contributed by atoms with Crippen molar-refractivity contribution in [3.8, 4) is 11.1 Å². The van der Waals surface area contributed by atoms with Gasteiger partial charge in [0.1, 0.15) is 19.2 Å². The van der Waals surface area contributed by atoms with Gasteiger partial charge in [0.2, 0.25) is 5.91 Å². The summed E-state index contributed by atoms with van der Waals surface area (Å²) in [6, 6.07) is 20.8. The molecule has 2 N–H and O–H groups in total. The summed E-state index contributed by atoms with van der Waals surface area (Å²) < 4.78 is 46.5. The van der Waals surface area contributed by atoms with Gasteiger partial charge in [0.25, 0.3) is 0 Å². The minimum Gasteiger partial charge on any atom is -0.480 e. The molecule has 1 aliphatic rings. The van der Waals surface area contributed by atoms with Gasteiger partial charge in [-0.3, -0.25) is 9.59 Å². The first-order valence-electron chi connectivity index (χ1n) is 11.8. The van der Waals surface area contributed by atoms with Gasteiger partial charge < -0.3 is 20.1 Å². The lowest BCUT2D eigenvalue weighted by molar-refractivity contribution is -0.164. The molecule has 3 aromatic rings. The number of ether oxygens (including phenoxy) is 1. The molecule has 0 aromatic heterocycles. The monoisotopic (exact) mass is 526 g/mol. The largest absolute Gasteiger partial charge is 0.480 e. The Morgan fingerprint density at radius 1 is 0.895 bits per heavy atom. The molecule has 1 unspecified atom stereocenters. The second-order valence-electron chi connectivity index (χ2n) is 8.90. The maximum atomic E-state index is 13.8. The van der Waals surface area contributed by atoms with E-state index >= 15 is 0 Å². The van der Waals surface area contributed by atoms with E-state index in [1.54, 1.807) is 35.6 Å². The van der Waals surface area contributed by atoms with Crippen molar-refractivity contribution < 1.29 is 37.4 Å². The van der Waals surface area contributed by atoms with Crippen LogP contribution in [-0.2, 0) is 20.9 Å². The molecule has 7 nitrogen and oxygen atoms in total. The van der Waals surface area contributed by atoms with Crippen LogP contribution in [0, 0.1) is 0 Å². The Bertz CT molecular complexity index is 1270. The van der Waals surface area contributed by atoms with E-state index in [1.807, 2.05) is 48.5 Å². The summed E-state index contributed by atoms with van der Waals surface area (Å²) in [5.74, 6) is -2.80. The van der Waals surface area contributed by atoms with Crippen LogP contribution in [0.5, 0.6) is 0 Å². The third kappa shape index (κ3) is 6.31. The van der Waals surface area contributed by atoms with Crippen molar-refractivity contribution in [1.29, 1.82) is 0 Å². The number of nitrogens with zero attached hydrogens (tertiary/aromatic N) is 1. The number of hydrogen-bond donors (Lipinski definition) is 2. The molecule has 1 aliphatic carbocycles. The first-order chi connectivity index (χ1) is 18.1. The van der Waals surface area contributed by atoms with Gasteiger partial charge in [0, 0.05) is 12.5 Å². The number of amides is 2. The normalized spacial score (nSPS) is 13.2. The Morgan fingerprint density at radius 3 is 2.00 bits per heavy atom. The van der Waals surface area contributed by atoms with Crippen molar-refractivity contribution in [2.75, 3.05) is 13.2 Å². The molecule has 4 rings (SSSR count). The maximum absolute atomic E-state index is 13.8. The highest BCUT2D eigenvalue weighted by atomic mass is 19.4. The van der Waals surface area contributed by atoms with Gasteiger partial charge in [-0.05, 0) is 27.8 Å². The first-order valence-corrected chi connectivity index (χ1v) is 11.8. The molecule has 3 aromatic carbocycles. The van der Waals surface area contributed by atoms with Gasteiger partial charge in [-0.25, -0.2) is 4.79 Å². The lowest BCUT2D eigenvalue weighted by Gasteiger charge is -2.26. The molecule has 10 heteroatoms. The molecule has 198 valence electrons. The highest BCUT2D eigenvalue weighted by Gasteiger charge is 2.43. The SMILES string of the molecule is O=C(O)CN(Cc1ccccc1)C(=O)CC(NC(=O)OCC1c2ccccc2-c2ccccc21)C(F)(F)F. The molecule has 0 radical (unpaired) electrons. The Hall–Kier alpha value is -4.34. The highest BCUT2D eigenvalue weighted by molar-refractivity contribution is 5.82. The zero-order valence-electron chi connectivity index (χ0n) is 20.1. The average molecular weight is 527 g/mol. The minimum atomic E-state index is -4.97. The minimum absolute atomic E-state index is 0.193. The van der Waals surface area contributed by atoms with E-state index < -0.39 is 43.2 Å². The number of alkyl halides is 3. The molecule has 0 fully saturated rings. The van der Waals surface area contributed by atoms with E-state index in [9.17, 15) is 27.6 Å². The van der Waals surface area contributed by atoms with Crippen molar-refractivity contribution in [2.45, 2.75) is 31.1 Å². The Balaban J connectivity index is 1.42. The lowest BCUT2D eigenvalue weighted by Crippen LogP contribution is -2.49. The molecule has 2 amide bonds. The Morgan fingerprint density at radius 2 is 1.45 bits per heavy atom. The van der Waals surface area contributed by atoms with Crippen molar-refractivity contribution in [2.24, 2.45) is 0 Å². The fraction of sp³-hybridized carbons (Fsp3) is 0.250. The molecular weight excluding hydrogens is 501 g/mol. The number of rotatable bonds is 9. The number of alkyl carbamates (subject to hydrolysis) is 1. The summed E-state index contributed by atoms with van der Waals surface area (Å²) in [4.78, 5) is 37.2. The van der Waals surface area contributed by atoms with E-state index in [2.05, 4.69) is 0 Å². The second-order valence-corrected chi connectivity index (χ2v) is 8.90. The van der Waals surface area contributed by atoms with Crippen molar-refractivity contribution in [3.05, 3.63) is 95.6 Å². The van der Waals surface area contributed by atoms with Gasteiger partial charge in [-0.15, -0.1) is 0 Å². The van der Waals surface area contributed by atoms with Gasteiger partial charge >= 0.3 is 18.2 Å². The maximum Gasteiger partial charge on any atom is 0.409 e. The van der Waals surface area contributed by atoms with Crippen LogP contribution < -0.4 is 5.32 Å². The number of hydrogen-bond acceptors (Lipinski definition) is 4. The van der Waals surface area contributed by atoms with Crippen LogP contribution in [0.1, 0.15) is 29.0 Å². The standard InChI is InChI=1S/C28H25F3N2O5/c29-28(30,31)24(14-25(34)33(16-26(35)36)15-18-8-2-1-3-9-18)32-27(37)38-17-23-21-12-6-4-10-19(21)20-11-5-7-13-22(20)23/h1-13,23-24H,14-17H2,(H,32,37)(H,35,36). The molecular formula is C28H25F3N2O5. The highest BCUT2D eigenvalue weighted by Crippen LogP contribution is 2.44. The molecule has 0 bridgehead atoms. The summed E-state index contributed by atoms with van der Waals surface area (Å²) in [7, 11) is 0. The molecule has 38 heavy (non-hydrogen) atoms. The van der Waals surface area contributed by atoms with Crippen LogP contribution in [0.2, 0.25) is 0 Å². The number of halogens is 3. The van der Waals surface area contributed by atoms with Crippen molar-refractivity contribution in [1.82, 2.24) is 10.2 Å². The van der Waals surface area contributed by atoms with E-state index in [4.69, 9.17) is 9.84 Å². The summed E-state index contributed by atoms with van der Waals surface area (Å²) in [5, 5.41) is 10.9. The summed E-state index contributed by atoms with van der Waals surface area (Å²) in [6.45, 7) is -1.18. The van der Waals surface area contributed by atoms with Gasteiger partial charge in [0.15, 0.2) is 0 Å². The number of nitrogens with one attached hydrogen (secondary N) is 1. The third-order valence-corrected chi connectivity index (χ3v) is 6.30. The first kappa shape index (κ1) is 26.7. The van der Waals surface area contributed by atoms with Crippen LogP contribution >= 0.6 is 0 Å². The van der Waals surface area contributed by atoms with Crippen molar-refractivity contribution in [3.63, 3.8) is 0 Å². The fourth-order valence-corrected chi connectivity index (χ4v) is 4.53. The Kier molecular flexibility index (Phi) is 7.99. The number of benzene rings is 3. The fourth-order valence-electron chi connectivity index (χ4n) is 4.53. The molecule has 0 aliphatic heterocycles. The predicted octanol–water partition coefficient (Wildman–Crippen LogP) is 4.96. The number of carbonyl (C=O) groups excluding carboxylic acids is 2. The quantitative estimate of drug-likeness (QED) is 0.411. The topological polar surface area (TPSA) is 95.9 Å².